The van der Waals surface area contributed by atoms with Gasteiger partial charge in [0.2, 0.25) is 0 Å². The van der Waals surface area contributed by atoms with Crippen molar-refractivity contribution in [1.82, 2.24) is 9.97 Å². The predicted molar refractivity (Wildman–Crippen MR) is 67.9 cm³/mol. The first-order chi connectivity index (χ1) is 8.58. The Hall–Kier alpha value is -1.46. The molecule has 0 aliphatic rings. The fraction of sp³-hybridized carbons (Fsp3) is 0.231. The maximum atomic E-state index is 13.5. The number of hydrogen-bond acceptors (Lipinski definition) is 4. The molecule has 94 valence electrons. The molecule has 0 radical (unpaired) electrons. The molecule has 0 amide bonds. The first kappa shape index (κ1) is 13.0. The SMILES string of the molecule is Cc1cc(Sc2ccncn2)c([C@@H](C)O)cc1F. The van der Waals surface area contributed by atoms with Gasteiger partial charge in [0.05, 0.1) is 6.10 Å². The van der Waals surface area contributed by atoms with Crippen molar-refractivity contribution in [3.8, 4) is 0 Å². The van der Waals surface area contributed by atoms with Gasteiger partial charge in [0, 0.05) is 11.1 Å². The Labute approximate surface area is 109 Å². The first-order valence-corrected chi connectivity index (χ1v) is 6.31. The van der Waals surface area contributed by atoms with Crippen LogP contribution in [-0.2, 0) is 0 Å². The molecule has 0 fully saturated rings. The normalized spacial score (nSPS) is 12.4. The number of rotatable bonds is 3. The van der Waals surface area contributed by atoms with Gasteiger partial charge in [-0.3, -0.25) is 0 Å². The van der Waals surface area contributed by atoms with Crippen LogP contribution in [0.1, 0.15) is 24.2 Å². The highest BCUT2D eigenvalue weighted by molar-refractivity contribution is 7.99. The van der Waals surface area contributed by atoms with Crippen LogP contribution >= 0.6 is 11.8 Å². The maximum Gasteiger partial charge on any atom is 0.126 e. The van der Waals surface area contributed by atoms with Crippen molar-refractivity contribution in [2.75, 3.05) is 0 Å². The van der Waals surface area contributed by atoms with Gasteiger partial charge >= 0.3 is 0 Å². The highest BCUT2D eigenvalue weighted by Gasteiger charge is 2.13. The Balaban J connectivity index is 2.40. The second-order valence-electron chi connectivity index (χ2n) is 3.96. The summed E-state index contributed by atoms with van der Waals surface area (Å²) >= 11 is 1.39. The summed E-state index contributed by atoms with van der Waals surface area (Å²) in [7, 11) is 0. The van der Waals surface area contributed by atoms with E-state index in [1.807, 2.05) is 0 Å². The van der Waals surface area contributed by atoms with Crippen LogP contribution in [0.25, 0.3) is 0 Å². The van der Waals surface area contributed by atoms with Gasteiger partial charge in [-0.15, -0.1) is 0 Å². The summed E-state index contributed by atoms with van der Waals surface area (Å²) in [5.41, 5.74) is 1.12. The summed E-state index contributed by atoms with van der Waals surface area (Å²) in [5, 5.41) is 10.4. The van der Waals surface area contributed by atoms with Gasteiger partial charge in [-0.05, 0) is 43.2 Å². The van der Waals surface area contributed by atoms with E-state index in [9.17, 15) is 9.50 Å². The molecule has 0 bridgehead atoms. The molecule has 0 saturated carbocycles. The van der Waals surface area contributed by atoms with E-state index in [0.717, 1.165) is 9.92 Å². The van der Waals surface area contributed by atoms with Gasteiger partial charge in [0.25, 0.3) is 0 Å². The van der Waals surface area contributed by atoms with Crippen molar-refractivity contribution in [3.63, 3.8) is 0 Å². The minimum absolute atomic E-state index is 0.307. The van der Waals surface area contributed by atoms with E-state index in [1.54, 1.807) is 32.2 Å². The standard InChI is InChI=1S/C13H13FN2OS/c1-8-5-12(10(9(2)17)6-11(8)14)18-13-3-4-15-7-16-13/h3-7,9,17H,1-2H3/t9-/m1/s1. The molecule has 1 heterocycles. The average molecular weight is 264 g/mol. The van der Waals surface area contributed by atoms with Crippen molar-refractivity contribution < 1.29 is 9.50 Å². The topological polar surface area (TPSA) is 46.0 Å². The number of aromatic nitrogens is 2. The molecule has 0 spiro atoms. The van der Waals surface area contributed by atoms with Gasteiger partial charge in [0.1, 0.15) is 17.2 Å². The second kappa shape index (κ2) is 5.46. The monoisotopic (exact) mass is 264 g/mol. The summed E-state index contributed by atoms with van der Waals surface area (Å²) in [6.07, 6.45) is 2.39. The molecule has 0 aliphatic carbocycles. The molecule has 1 N–H and O–H groups in total. The summed E-state index contributed by atoms with van der Waals surface area (Å²) in [6, 6.07) is 4.88. The van der Waals surface area contributed by atoms with Crippen LogP contribution in [-0.4, -0.2) is 15.1 Å². The number of halogens is 1. The third kappa shape index (κ3) is 2.86. The summed E-state index contributed by atoms with van der Waals surface area (Å²) in [4.78, 5) is 8.75. The molecule has 1 aromatic carbocycles. The minimum Gasteiger partial charge on any atom is -0.389 e. The molecular formula is C13H13FN2OS. The molecule has 1 aromatic heterocycles. The molecule has 5 heteroatoms. The van der Waals surface area contributed by atoms with Gasteiger partial charge in [0.15, 0.2) is 0 Å². The summed E-state index contributed by atoms with van der Waals surface area (Å²) < 4.78 is 13.5. The number of aliphatic hydroxyl groups excluding tert-OH is 1. The van der Waals surface area contributed by atoms with Gasteiger partial charge in [-0.1, -0.05) is 11.8 Å². The number of aryl methyl sites for hydroxylation is 1. The lowest BCUT2D eigenvalue weighted by Crippen LogP contribution is -1.97. The fourth-order valence-electron chi connectivity index (χ4n) is 1.54. The third-order valence-electron chi connectivity index (χ3n) is 2.51. The number of nitrogens with zero attached hydrogens (tertiary/aromatic N) is 2. The summed E-state index contributed by atoms with van der Waals surface area (Å²) in [5.74, 6) is -0.307. The lowest BCUT2D eigenvalue weighted by atomic mass is 10.1. The average Bonchev–Trinajstić information content (AvgIpc) is 2.34. The van der Waals surface area contributed by atoms with E-state index in [4.69, 9.17) is 0 Å². The smallest absolute Gasteiger partial charge is 0.126 e. The third-order valence-corrected chi connectivity index (χ3v) is 3.53. The van der Waals surface area contributed by atoms with Gasteiger partial charge in [-0.2, -0.15) is 0 Å². The fourth-order valence-corrected chi connectivity index (χ4v) is 2.57. The van der Waals surface area contributed by atoms with Crippen LogP contribution in [0.4, 0.5) is 4.39 Å². The molecule has 2 rings (SSSR count). The van der Waals surface area contributed by atoms with E-state index in [0.29, 0.717) is 11.1 Å². The highest BCUT2D eigenvalue weighted by atomic mass is 32.2. The van der Waals surface area contributed by atoms with E-state index in [1.165, 1.54) is 24.2 Å². The Morgan fingerprint density at radius 1 is 1.39 bits per heavy atom. The lowest BCUT2D eigenvalue weighted by Gasteiger charge is -2.12. The first-order valence-electron chi connectivity index (χ1n) is 5.50. The Morgan fingerprint density at radius 2 is 2.17 bits per heavy atom. The molecule has 18 heavy (non-hydrogen) atoms. The van der Waals surface area contributed by atoms with Crippen molar-refractivity contribution in [2.45, 2.75) is 29.9 Å². The molecule has 1 atom stereocenters. The maximum absolute atomic E-state index is 13.5. The minimum atomic E-state index is -0.718. The second-order valence-corrected chi connectivity index (χ2v) is 5.03. The Bertz CT molecular complexity index is 546. The van der Waals surface area contributed by atoms with Crippen LogP contribution in [0.15, 0.2) is 40.6 Å². The number of aliphatic hydroxyl groups is 1. The van der Waals surface area contributed by atoms with Crippen molar-refractivity contribution in [3.05, 3.63) is 47.7 Å². The molecular weight excluding hydrogens is 251 g/mol. The molecule has 3 nitrogen and oxygen atoms in total. The quantitative estimate of drug-likeness (QED) is 0.865. The van der Waals surface area contributed by atoms with Crippen LogP contribution < -0.4 is 0 Å². The molecule has 0 saturated heterocycles. The van der Waals surface area contributed by atoms with E-state index >= 15 is 0 Å². The lowest BCUT2D eigenvalue weighted by molar-refractivity contribution is 0.196. The van der Waals surface area contributed by atoms with Crippen LogP contribution in [0.3, 0.4) is 0 Å². The van der Waals surface area contributed by atoms with Crippen molar-refractivity contribution >= 4 is 11.8 Å². The largest absolute Gasteiger partial charge is 0.389 e. The predicted octanol–water partition coefficient (Wildman–Crippen LogP) is 3.13. The zero-order chi connectivity index (χ0) is 13.1. The van der Waals surface area contributed by atoms with E-state index < -0.39 is 6.10 Å². The van der Waals surface area contributed by atoms with Crippen LogP contribution in [0.5, 0.6) is 0 Å². The van der Waals surface area contributed by atoms with E-state index in [-0.39, 0.29) is 5.82 Å². The van der Waals surface area contributed by atoms with Crippen molar-refractivity contribution in [2.24, 2.45) is 0 Å². The number of benzene rings is 1. The van der Waals surface area contributed by atoms with Gasteiger partial charge in [-0.25, -0.2) is 14.4 Å². The molecule has 2 aromatic rings. The molecule has 0 aliphatic heterocycles. The zero-order valence-corrected chi connectivity index (χ0v) is 10.9. The van der Waals surface area contributed by atoms with E-state index in [2.05, 4.69) is 9.97 Å². The van der Waals surface area contributed by atoms with Crippen molar-refractivity contribution in [1.29, 1.82) is 0 Å². The zero-order valence-electron chi connectivity index (χ0n) is 10.1. The van der Waals surface area contributed by atoms with Crippen LogP contribution in [0, 0.1) is 12.7 Å². The van der Waals surface area contributed by atoms with Gasteiger partial charge < -0.3 is 5.11 Å². The number of hydrogen-bond donors (Lipinski definition) is 1. The molecule has 0 unspecified atom stereocenters. The summed E-state index contributed by atoms with van der Waals surface area (Å²) in [6.45, 7) is 3.32. The highest BCUT2D eigenvalue weighted by Crippen LogP contribution is 2.33. The Kier molecular flexibility index (Phi) is 3.93. The van der Waals surface area contributed by atoms with Crippen LogP contribution in [0.2, 0.25) is 0 Å². The Morgan fingerprint density at radius 3 is 2.78 bits per heavy atom.